The van der Waals surface area contributed by atoms with Crippen molar-refractivity contribution in [2.45, 2.75) is 19.9 Å². The average molecular weight is 378 g/mol. The zero-order valence-corrected chi connectivity index (χ0v) is 16.1. The molecule has 9 heteroatoms. The molecule has 0 aromatic carbocycles. The van der Waals surface area contributed by atoms with Crippen molar-refractivity contribution in [2.24, 2.45) is 7.05 Å². The van der Waals surface area contributed by atoms with Gasteiger partial charge in [-0.15, -0.1) is 10.2 Å². The predicted molar refractivity (Wildman–Crippen MR) is 101 cm³/mol. The molecule has 1 aliphatic heterocycles. The van der Waals surface area contributed by atoms with Crippen LogP contribution in [0.15, 0.2) is 12.1 Å². The zero-order chi connectivity index (χ0) is 18.7. The maximum atomic E-state index is 11.5. The highest BCUT2D eigenvalue weighted by Gasteiger charge is 2.22. The van der Waals surface area contributed by atoms with Gasteiger partial charge < -0.3 is 10.2 Å². The summed E-state index contributed by atoms with van der Waals surface area (Å²) in [6.45, 7) is 6.44. The second kappa shape index (κ2) is 8.01. The van der Waals surface area contributed by atoms with Gasteiger partial charge in [-0.1, -0.05) is 18.5 Å². The van der Waals surface area contributed by atoms with Crippen LogP contribution in [0.25, 0.3) is 0 Å². The normalized spacial score (nSPS) is 15.3. The molecule has 140 valence electrons. The Morgan fingerprint density at radius 1 is 1.23 bits per heavy atom. The number of hydrogen-bond donors (Lipinski definition) is 1. The third kappa shape index (κ3) is 3.81. The molecule has 3 rings (SSSR count). The second-order valence-electron chi connectivity index (χ2n) is 6.31. The maximum Gasteiger partial charge on any atom is 0.271 e. The minimum atomic E-state index is -0.228. The van der Waals surface area contributed by atoms with Gasteiger partial charge in [-0.3, -0.25) is 14.4 Å². The van der Waals surface area contributed by atoms with Crippen LogP contribution in [0.2, 0.25) is 5.15 Å². The highest BCUT2D eigenvalue weighted by molar-refractivity contribution is 6.30. The van der Waals surface area contributed by atoms with Crippen LogP contribution in [0.3, 0.4) is 0 Å². The first kappa shape index (κ1) is 18.6. The lowest BCUT2D eigenvalue weighted by molar-refractivity contribution is 0.0957. The molecule has 3 heterocycles. The van der Waals surface area contributed by atoms with E-state index in [1.165, 1.54) is 0 Å². The predicted octanol–water partition coefficient (Wildman–Crippen LogP) is 1.11. The van der Waals surface area contributed by atoms with Crippen LogP contribution >= 0.6 is 11.6 Å². The van der Waals surface area contributed by atoms with Crippen LogP contribution in [0.4, 0.5) is 5.82 Å². The van der Waals surface area contributed by atoms with E-state index in [-0.39, 0.29) is 5.91 Å². The van der Waals surface area contributed by atoms with Crippen LogP contribution in [0, 0.1) is 0 Å². The number of piperazine rings is 1. The molecular weight excluding hydrogens is 354 g/mol. The van der Waals surface area contributed by atoms with Gasteiger partial charge in [0.15, 0.2) is 11.5 Å². The average Bonchev–Trinajstić information content (AvgIpc) is 2.96. The van der Waals surface area contributed by atoms with Crippen molar-refractivity contribution in [3.05, 3.63) is 34.2 Å². The smallest absolute Gasteiger partial charge is 0.271 e. The summed E-state index contributed by atoms with van der Waals surface area (Å²) in [7, 11) is 3.46. The highest BCUT2D eigenvalue weighted by atomic mass is 35.5. The van der Waals surface area contributed by atoms with Crippen LogP contribution < -0.4 is 10.2 Å². The summed E-state index contributed by atoms with van der Waals surface area (Å²) in [5.41, 5.74) is 2.52. The fourth-order valence-corrected chi connectivity index (χ4v) is 3.35. The molecule has 1 saturated heterocycles. The summed E-state index contributed by atoms with van der Waals surface area (Å²) in [6.07, 6.45) is 0.878. The highest BCUT2D eigenvalue weighted by Crippen LogP contribution is 2.23. The SMILES string of the molecule is CCc1nn(C)c(Cl)c1CN1CCN(c2ccc(C(=O)NC)nn2)CC1. The number of halogens is 1. The standard InChI is InChI=1S/C17H24ClN7O/c1-4-13-12(16(18)23(3)22-13)11-24-7-9-25(10-8-24)15-6-5-14(20-21-15)17(26)19-2/h5-6H,4,7-11H2,1-3H3,(H,19,26). The van der Waals surface area contributed by atoms with Gasteiger partial charge in [0.2, 0.25) is 0 Å². The molecule has 0 aliphatic carbocycles. The maximum absolute atomic E-state index is 11.5. The third-order valence-electron chi connectivity index (χ3n) is 4.68. The van der Waals surface area contributed by atoms with E-state index in [0.29, 0.717) is 5.69 Å². The summed E-state index contributed by atoms with van der Waals surface area (Å²) < 4.78 is 1.75. The van der Waals surface area contributed by atoms with Crippen molar-refractivity contribution in [2.75, 3.05) is 38.1 Å². The largest absolute Gasteiger partial charge is 0.354 e. The quantitative estimate of drug-likeness (QED) is 0.840. The molecule has 0 unspecified atom stereocenters. The summed E-state index contributed by atoms with van der Waals surface area (Å²) in [4.78, 5) is 16.1. The number of amides is 1. The van der Waals surface area contributed by atoms with E-state index in [2.05, 4.69) is 37.3 Å². The molecule has 0 saturated carbocycles. The van der Waals surface area contributed by atoms with Gasteiger partial charge in [0.25, 0.3) is 5.91 Å². The minimum absolute atomic E-state index is 0.228. The Morgan fingerprint density at radius 3 is 2.54 bits per heavy atom. The van der Waals surface area contributed by atoms with Gasteiger partial charge in [0, 0.05) is 52.4 Å². The van der Waals surface area contributed by atoms with Crippen molar-refractivity contribution in [1.29, 1.82) is 0 Å². The van der Waals surface area contributed by atoms with E-state index in [9.17, 15) is 4.79 Å². The number of hydrogen-bond acceptors (Lipinski definition) is 6. The number of nitrogens with one attached hydrogen (secondary N) is 1. The second-order valence-corrected chi connectivity index (χ2v) is 6.67. The Morgan fingerprint density at radius 2 is 1.96 bits per heavy atom. The van der Waals surface area contributed by atoms with Crippen molar-refractivity contribution < 1.29 is 4.79 Å². The topological polar surface area (TPSA) is 79.2 Å². The number of rotatable bonds is 5. The lowest BCUT2D eigenvalue weighted by Crippen LogP contribution is -2.46. The molecule has 1 amide bonds. The molecule has 1 fully saturated rings. The number of aromatic nitrogens is 4. The first-order valence-corrected chi connectivity index (χ1v) is 9.14. The minimum Gasteiger partial charge on any atom is -0.354 e. The molecule has 1 aliphatic rings. The Balaban J connectivity index is 1.60. The molecule has 0 radical (unpaired) electrons. The van der Waals surface area contributed by atoms with E-state index in [1.54, 1.807) is 17.8 Å². The van der Waals surface area contributed by atoms with Gasteiger partial charge in [-0.05, 0) is 18.6 Å². The fraction of sp³-hybridized carbons (Fsp3) is 0.529. The Labute approximate surface area is 158 Å². The van der Waals surface area contributed by atoms with Gasteiger partial charge in [0.1, 0.15) is 5.15 Å². The monoisotopic (exact) mass is 377 g/mol. The molecule has 1 N–H and O–H groups in total. The Bertz CT molecular complexity index is 766. The molecule has 2 aromatic rings. The van der Waals surface area contributed by atoms with Crippen LogP contribution in [0.5, 0.6) is 0 Å². The zero-order valence-electron chi connectivity index (χ0n) is 15.4. The van der Waals surface area contributed by atoms with E-state index >= 15 is 0 Å². The molecule has 26 heavy (non-hydrogen) atoms. The summed E-state index contributed by atoms with van der Waals surface area (Å²) in [5, 5.41) is 15.9. The molecule has 0 spiro atoms. The van der Waals surface area contributed by atoms with Crippen molar-refractivity contribution >= 4 is 23.3 Å². The van der Waals surface area contributed by atoms with Crippen LogP contribution in [-0.4, -0.2) is 64.0 Å². The van der Waals surface area contributed by atoms with E-state index < -0.39 is 0 Å². The van der Waals surface area contributed by atoms with Crippen molar-refractivity contribution in [3.8, 4) is 0 Å². The lowest BCUT2D eigenvalue weighted by Gasteiger charge is -2.35. The van der Waals surface area contributed by atoms with Crippen LogP contribution in [0.1, 0.15) is 28.7 Å². The third-order valence-corrected chi connectivity index (χ3v) is 5.15. The number of carbonyl (C=O) groups excluding carboxylic acids is 1. The number of anilines is 1. The van der Waals surface area contributed by atoms with Crippen molar-refractivity contribution in [1.82, 2.24) is 30.2 Å². The van der Waals surface area contributed by atoms with Crippen LogP contribution in [-0.2, 0) is 20.0 Å². The van der Waals surface area contributed by atoms with E-state index in [1.807, 2.05) is 13.1 Å². The molecule has 0 bridgehead atoms. The summed E-state index contributed by atoms with van der Waals surface area (Å²) in [6, 6.07) is 3.55. The molecule has 8 nitrogen and oxygen atoms in total. The van der Waals surface area contributed by atoms with E-state index in [0.717, 1.165) is 61.4 Å². The van der Waals surface area contributed by atoms with Gasteiger partial charge in [0.05, 0.1) is 5.69 Å². The number of aryl methyl sites for hydroxylation is 2. The number of nitrogens with zero attached hydrogens (tertiary/aromatic N) is 6. The molecule has 2 aromatic heterocycles. The Kier molecular flexibility index (Phi) is 5.73. The van der Waals surface area contributed by atoms with Gasteiger partial charge >= 0.3 is 0 Å². The molecule has 0 atom stereocenters. The van der Waals surface area contributed by atoms with Gasteiger partial charge in [-0.2, -0.15) is 5.10 Å². The summed E-state index contributed by atoms with van der Waals surface area (Å²) in [5.74, 6) is 0.569. The lowest BCUT2D eigenvalue weighted by atomic mass is 10.2. The van der Waals surface area contributed by atoms with Crippen molar-refractivity contribution in [3.63, 3.8) is 0 Å². The van der Waals surface area contributed by atoms with E-state index in [4.69, 9.17) is 11.6 Å². The fourth-order valence-electron chi connectivity index (χ4n) is 3.14. The number of carbonyl (C=O) groups is 1. The first-order valence-electron chi connectivity index (χ1n) is 8.76. The Hall–Kier alpha value is -2.19. The first-order chi connectivity index (χ1) is 12.5. The van der Waals surface area contributed by atoms with Gasteiger partial charge in [-0.25, -0.2) is 0 Å². The summed E-state index contributed by atoms with van der Waals surface area (Å²) >= 11 is 6.40. The molecular formula is C17H24ClN7O.